The van der Waals surface area contributed by atoms with Crippen LogP contribution in [0.3, 0.4) is 0 Å². The van der Waals surface area contributed by atoms with Crippen molar-refractivity contribution in [2.75, 3.05) is 33.2 Å². The van der Waals surface area contributed by atoms with E-state index >= 15 is 0 Å². The van der Waals surface area contributed by atoms with Crippen LogP contribution in [0.5, 0.6) is 0 Å². The molecule has 6 heteroatoms. The van der Waals surface area contributed by atoms with Crippen LogP contribution in [0.25, 0.3) is 0 Å². The molecule has 0 amide bonds. The van der Waals surface area contributed by atoms with Crippen LogP contribution in [0.4, 0.5) is 5.69 Å². The van der Waals surface area contributed by atoms with E-state index < -0.39 is 0 Å². The van der Waals surface area contributed by atoms with Gasteiger partial charge in [-0.2, -0.15) is 0 Å². The second kappa shape index (κ2) is 5.94. The summed E-state index contributed by atoms with van der Waals surface area (Å²) < 4.78 is 0.973. The molecule has 2 rings (SSSR count). The molecule has 1 heterocycles. The van der Waals surface area contributed by atoms with E-state index in [0.29, 0.717) is 0 Å². The van der Waals surface area contributed by atoms with Gasteiger partial charge in [0.2, 0.25) is 0 Å². The van der Waals surface area contributed by atoms with Gasteiger partial charge in [0, 0.05) is 48.4 Å². The van der Waals surface area contributed by atoms with E-state index in [9.17, 15) is 10.1 Å². The highest BCUT2D eigenvalue weighted by Crippen LogP contribution is 2.21. The molecule has 1 aromatic carbocycles. The highest BCUT2D eigenvalue weighted by Gasteiger charge is 2.16. The molecular weight excluding hydrogens is 345 g/mol. The number of nitro benzene ring substituents is 1. The van der Waals surface area contributed by atoms with E-state index in [0.717, 1.165) is 36.3 Å². The number of hydrogen-bond donors (Lipinski definition) is 0. The Morgan fingerprint density at radius 1 is 1.33 bits per heavy atom. The minimum atomic E-state index is -0.345. The summed E-state index contributed by atoms with van der Waals surface area (Å²) in [5.41, 5.74) is 1.34. The van der Waals surface area contributed by atoms with E-state index in [1.807, 2.05) is 6.07 Å². The zero-order valence-electron chi connectivity index (χ0n) is 10.3. The van der Waals surface area contributed by atoms with E-state index in [1.165, 1.54) is 5.56 Å². The Bertz CT molecular complexity index is 445. The maximum atomic E-state index is 10.7. The van der Waals surface area contributed by atoms with Gasteiger partial charge in [0.15, 0.2) is 0 Å². The molecule has 0 N–H and O–H groups in total. The maximum absolute atomic E-state index is 10.7. The van der Waals surface area contributed by atoms with Crippen molar-refractivity contribution in [3.8, 4) is 0 Å². The van der Waals surface area contributed by atoms with Gasteiger partial charge in [0.1, 0.15) is 0 Å². The van der Waals surface area contributed by atoms with Crippen molar-refractivity contribution in [3.63, 3.8) is 0 Å². The average molecular weight is 361 g/mol. The lowest BCUT2D eigenvalue weighted by Crippen LogP contribution is -2.43. The lowest BCUT2D eigenvalue weighted by molar-refractivity contribution is -0.385. The number of likely N-dealkylation sites (N-methyl/N-ethyl adjacent to an activating group) is 1. The Labute approximate surface area is 120 Å². The number of benzene rings is 1. The molecule has 1 fully saturated rings. The first-order valence-corrected chi connectivity index (χ1v) is 6.98. The molecule has 0 unspecified atom stereocenters. The third kappa shape index (κ3) is 3.39. The predicted octanol–water partition coefficient (Wildman–Crippen LogP) is 1.95. The zero-order chi connectivity index (χ0) is 13.1. The first-order valence-electron chi connectivity index (χ1n) is 5.90. The number of hydrogen-bond acceptors (Lipinski definition) is 4. The van der Waals surface area contributed by atoms with Crippen molar-refractivity contribution >= 4 is 28.3 Å². The van der Waals surface area contributed by atoms with Crippen LogP contribution in [-0.4, -0.2) is 47.9 Å². The van der Waals surface area contributed by atoms with Gasteiger partial charge in [-0.05, 0) is 41.3 Å². The van der Waals surface area contributed by atoms with Crippen LogP contribution in [0.15, 0.2) is 18.2 Å². The van der Waals surface area contributed by atoms with Crippen molar-refractivity contribution in [1.29, 1.82) is 0 Å². The molecule has 0 atom stereocenters. The van der Waals surface area contributed by atoms with Crippen LogP contribution in [0, 0.1) is 13.7 Å². The Balaban J connectivity index is 2.03. The molecule has 98 valence electrons. The largest absolute Gasteiger partial charge is 0.304 e. The van der Waals surface area contributed by atoms with Crippen LogP contribution in [0.2, 0.25) is 0 Å². The summed E-state index contributed by atoms with van der Waals surface area (Å²) in [7, 11) is 2.13. The fraction of sp³-hybridized carbons (Fsp3) is 0.500. The summed E-state index contributed by atoms with van der Waals surface area (Å²) in [6, 6.07) is 5.11. The number of non-ortho nitro benzene ring substituents is 1. The van der Waals surface area contributed by atoms with E-state index in [4.69, 9.17) is 0 Å². The minimum absolute atomic E-state index is 0.168. The van der Waals surface area contributed by atoms with Crippen LogP contribution in [-0.2, 0) is 6.54 Å². The van der Waals surface area contributed by atoms with E-state index in [1.54, 1.807) is 12.1 Å². The third-order valence-corrected chi connectivity index (χ3v) is 4.24. The Hall–Kier alpha value is -0.730. The molecule has 0 saturated carbocycles. The smallest absolute Gasteiger partial charge is 0.270 e. The molecule has 0 bridgehead atoms. The summed E-state index contributed by atoms with van der Waals surface area (Å²) in [5.74, 6) is 0. The van der Waals surface area contributed by atoms with Gasteiger partial charge in [0.05, 0.1) is 4.92 Å². The maximum Gasteiger partial charge on any atom is 0.270 e. The number of rotatable bonds is 3. The Kier molecular flexibility index (Phi) is 4.52. The van der Waals surface area contributed by atoms with Gasteiger partial charge < -0.3 is 4.90 Å². The molecule has 0 radical (unpaired) electrons. The summed E-state index contributed by atoms with van der Waals surface area (Å²) in [4.78, 5) is 15.0. The quantitative estimate of drug-likeness (QED) is 0.469. The van der Waals surface area contributed by atoms with E-state index in [-0.39, 0.29) is 10.6 Å². The number of halogens is 1. The molecule has 1 aliphatic rings. The van der Waals surface area contributed by atoms with Crippen molar-refractivity contribution in [2.45, 2.75) is 6.54 Å². The second-order valence-electron chi connectivity index (χ2n) is 4.61. The predicted molar refractivity (Wildman–Crippen MR) is 78.6 cm³/mol. The summed E-state index contributed by atoms with van der Waals surface area (Å²) >= 11 is 2.18. The third-order valence-electron chi connectivity index (χ3n) is 3.24. The monoisotopic (exact) mass is 361 g/mol. The number of piperazine rings is 1. The van der Waals surface area contributed by atoms with Crippen LogP contribution >= 0.6 is 22.6 Å². The van der Waals surface area contributed by atoms with Crippen LogP contribution in [0.1, 0.15) is 5.56 Å². The van der Waals surface area contributed by atoms with Crippen LogP contribution < -0.4 is 0 Å². The minimum Gasteiger partial charge on any atom is -0.304 e. The molecule has 1 saturated heterocycles. The molecule has 1 aromatic rings. The van der Waals surface area contributed by atoms with Crippen molar-refractivity contribution in [2.24, 2.45) is 0 Å². The first kappa shape index (κ1) is 13.7. The molecule has 5 nitrogen and oxygen atoms in total. The van der Waals surface area contributed by atoms with Crippen molar-refractivity contribution in [3.05, 3.63) is 37.4 Å². The molecule has 0 aromatic heterocycles. The normalized spacial score (nSPS) is 17.9. The zero-order valence-corrected chi connectivity index (χ0v) is 12.5. The first-order chi connectivity index (χ1) is 8.56. The van der Waals surface area contributed by atoms with Crippen molar-refractivity contribution < 1.29 is 4.92 Å². The van der Waals surface area contributed by atoms with Crippen molar-refractivity contribution in [1.82, 2.24) is 9.80 Å². The lowest BCUT2D eigenvalue weighted by atomic mass is 10.2. The SMILES string of the molecule is CN1CCN(Cc2ccc([N+](=O)[O-])cc2I)CC1. The van der Waals surface area contributed by atoms with Gasteiger partial charge in [0.25, 0.3) is 5.69 Å². The highest BCUT2D eigenvalue weighted by atomic mass is 127. The van der Waals surface area contributed by atoms with Gasteiger partial charge in [-0.3, -0.25) is 15.0 Å². The Morgan fingerprint density at radius 3 is 2.56 bits per heavy atom. The van der Waals surface area contributed by atoms with Gasteiger partial charge in [-0.25, -0.2) is 0 Å². The number of nitro groups is 1. The van der Waals surface area contributed by atoms with E-state index in [2.05, 4.69) is 39.4 Å². The summed E-state index contributed by atoms with van der Waals surface area (Å²) in [5, 5.41) is 10.7. The second-order valence-corrected chi connectivity index (χ2v) is 5.77. The van der Waals surface area contributed by atoms with Gasteiger partial charge in [-0.1, -0.05) is 0 Å². The molecule has 0 spiro atoms. The highest BCUT2D eigenvalue weighted by molar-refractivity contribution is 14.1. The fourth-order valence-corrected chi connectivity index (χ4v) is 2.69. The standard InChI is InChI=1S/C12H16IN3O2/c1-14-4-6-15(7-5-14)9-10-2-3-11(16(17)18)8-12(10)13/h2-3,8H,4-7,9H2,1H3. The topological polar surface area (TPSA) is 49.6 Å². The average Bonchev–Trinajstić information content (AvgIpc) is 2.34. The molecular formula is C12H16IN3O2. The molecule has 1 aliphatic heterocycles. The molecule has 0 aliphatic carbocycles. The number of nitrogens with zero attached hydrogens (tertiary/aromatic N) is 3. The summed E-state index contributed by atoms with van der Waals surface area (Å²) in [6.07, 6.45) is 0. The van der Waals surface area contributed by atoms with Gasteiger partial charge in [-0.15, -0.1) is 0 Å². The fourth-order valence-electron chi connectivity index (χ4n) is 2.02. The lowest BCUT2D eigenvalue weighted by Gasteiger charge is -2.32. The molecule has 18 heavy (non-hydrogen) atoms. The Morgan fingerprint density at radius 2 is 2.00 bits per heavy atom. The van der Waals surface area contributed by atoms with Gasteiger partial charge >= 0.3 is 0 Å². The summed E-state index contributed by atoms with van der Waals surface area (Å²) in [6.45, 7) is 5.17.